The Bertz CT molecular complexity index is 377. The standard InChI is InChI=1S/C14H23N3O/c1-17(2)11-12-6-5-7-13(10-12)16-14(18)8-3-4-9-15/h5-7,10H,3-4,8-9,11,15H2,1-2H3,(H,16,18). The number of hydrogen-bond acceptors (Lipinski definition) is 3. The summed E-state index contributed by atoms with van der Waals surface area (Å²) in [6.07, 6.45) is 2.28. The van der Waals surface area contributed by atoms with Crippen LogP contribution >= 0.6 is 0 Å². The molecule has 0 spiro atoms. The molecule has 0 saturated heterocycles. The van der Waals surface area contributed by atoms with Crippen LogP contribution in [0.2, 0.25) is 0 Å². The summed E-state index contributed by atoms with van der Waals surface area (Å²) in [5.74, 6) is 0.0606. The highest BCUT2D eigenvalue weighted by Gasteiger charge is 2.03. The lowest BCUT2D eigenvalue weighted by Gasteiger charge is -2.11. The van der Waals surface area contributed by atoms with E-state index in [-0.39, 0.29) is 5.91 Å². The Balaban J connectivity index is 2.48. The third kappa shape index (κ3) is 5.80. The molecule has 0 bridgehead atoms. The van der Waals surface area contributed by atoms with Crippen LogP contribution in [0.25, 0.3) is 0 Å². The smallest absolute Gasteiger partial charge is 0.224 e. The third-order valence-electron chi connectivity index (χ3n) is 2.57. The van der Waals surface area contributed by atoms with Crippen molar-refractivity contribution in [2.24, 2.45) is 5.73 Å². The van der Waals surface area contributed by atoms with E-state index in [1.807, 2.05) is 32.3 Å². The van der Waals surface area contributed by atoms with Gasteiger partial charge in [0, 0.05) is 18.7 Å². The average molecular weight is 249 g/mol. The van der Waals surface area contributed by atoms with E-state index in [1.54, 1.807) is 0 Å². The zero-order valence-corrected chi connectivity index (χ0v) is 11.3. The van der Waals surface area contributed by atoms with E-state index < -0.39 is 0 Å². The van der Waals surface area contributed by atoms with Crippen LogP contribution in [0.4, 0.5) is 5.69 Å². The molecule has 100 valence electrons. The molecule has 1 aromatic carbocycles. The van der Waals surface area contributed by atoms with Gasteiger partial charge in [0.1, 0.15) is 0 Å². The van der Waals surface area contributed by atoms with E-state index in [0.29, 0.717) is 13.0 Å². The fraction of sp³-hybridized carbons (Fsp3) is 0.500. The number of carbonyl (C=O) groups is 1. The van der Waals surface area contributed by atoms with Gasteiger partial charge in [-0.15, -0.1) is 0 Å². The van der Waals surface area contributed by atoms with Crippen molar-refractivity contribution in [2.75, 3.05) is 26.0 Å². The summed E-state index contributed by atoms with van der Waals surface area (Å²) < 4.78 is 0. The Morgan fingerprint density at radius 3 is 2.78 bits per heavy atom. The molecule has 0 radical (unpaired) electrons. The minimum absolute atomic E-state index is 0.0606. The van der Waals surface area contributed by atoms with Crippen LogP contribution in [0, 0.1) is 0 Å². The maximum absolute atomic E-state index is 11.7. The van der Waals surface area contributed by atoms with Crippen LogP contribution < -0.4 is 11.1 Å². The molecular weight excluding hydrogens is 226 g/mol. The number of hydrogen-bond donors (Lipinski definition) is 2. The lowest BCUT2D eigenvalue weighted by molar-refractivity contribution is -0.116. The lowest BCUT2D eigenvalue weighted by Crippen LogP contribution is -2.13. The number of nitrogens with zero attached hydrogens (tertiary/aromatic N) is 1. The summed E-state index contributed by atoms with van der Waals surface area (Å²) in [6.45, 7) is 1.52. The molecule has 0 aliphatic rings. The van der Waals surface area contributed by atoms with Crippen molar-refractivity contribution in [3.05, 3.63) is 29.8 Å². The van der Waals surface area contributed by atoms with E-state index in [1.165, 1.54) is 5.56 Å². The molecule has 0 saturated carbocycles. The second-order valence-corrected chi connectivity index (χ2v) is 4.73. The zero-order chi connectivity index (χ0) is 13.4. The van der Waals surface area contributed by atoms with Crippen LogP contribution in [0.15, 0.2) is 24.3 Å². The van der Waals surface area contributed by atoms with Crippen molar-refractivity contribution in [2.45, 2.75) is 25.8 Å². The molecule has 0 aromatic heterocycles. The number of nitrogens with two attached hydrogens (primary N) is 1. The Labute approximate surface area is 109 Å². The van der Waals surface area contributed by atoms with Gasteiger partial charge in [-0.2, -0.15) is 0 Å². The highest BCUT2D eigenvalue weighted by atomic mass is 16.1. The van der Waals surface area contributed by atoms with Crippen molar-refractivity contribution in [1.82, 2.24) is 4.90 Å². The second-order valence-electron chi connectivity index (χ2n) is 4.73. The Morgan fingerprint density at radius 1 is 1.33 bits per heavy atom. The van der Waals surface area contributed by atoms with Crippen LogP contribution in [0.3, 0.4) is 0 Å². The first kappa shape index (κ1) is 14.7. The maximum Gasteiger partial charge on any atom is 0.224 e. The highest BCUT2D eigenvalue weighted by molar-refractivity contribution is 5.90. The molecule has 1 aromatic rings. The maximum atomic E-state index is 11.7. The van der Waals surface area contributed by atoms with Crippen LogP contribution in [-0.4, -0.2) is 31.4 Å². The number of anilines is 1. The summed E-state index contributed by atoms with van der Waals surface area (Å²) in [6, 6.07) is 7.96. The molecule has 1 amide bonds. The molecule has 4 nitrogen and oxygen atoms in total. The van der Waals surface area contributed by atoms with Gasteiger partial charge in [0.25, 0.3) is 0 Å². The van der Waals surface area contributed by atoms with E-state index in [4.69, 9.17) is 5.73 Å². The number of benzene rings is 1. The summed E-state index contributed by atoms with van der Waals surface area (Å²) in [7, 11) is 4.05. The quantitative estimate of drug-likeness (QED) is 0.725. The monoisotopic (exact) mass is 249 g/mol. The van der Waals surface area contributed by atoms with Crippen molar-refractivity contribution < 1.29 is 4.79 Å². The summed E-state index contributed by atoms with van der Waals surface area (Å²) >= 11 is 0. The van der Waals surface area contributed by atoms with Crippen molar-refractivity contribution in [3.8, 4) is 0 Å². The second kappa shape index (κ2) is 7.84. The van der Waals surface area contributed by atoms with Crippen molar-refractivity contribution in [1.29, 1.82) is 0 Å². The van der Waals surface area contributed by atoms with Crippen LogP contribution in [0.5, 0.6) is 0 Å². The summed E-state index contributed by atoms with van der Waals surface area (Å²) in [5.41, 5.74) is 7.46. The van der Waals surface area contributed by atoms with Gasteiger partial charge in [0.2, 0.25) is 5.91 Å². The number of carbonyl (C=O) groups excluding carboxylic acids is 1. The SMILES string of the molecule is CN(C)Cc1cccc(NC(=O)CCCCN)c1. The average Bonchev–Trinajstić information content (AvgIpc) is 2.28. The molecule has 0 heterocycles. The first-order valence-electron chi connectivity index (χ1n) is 6.35. The van der Waals surface area contributed by atoms with Crippen LogP contribution in [-0.2, 0) is 11.3 Å². The van der Waals surface area contributed by atoms with Gasteiger partial charge in [-0.25, -0.2) is 0 Å². The lowest BCUT2D eigenvalue weighted by atomic mass is 10.2. The Kier molecular flexibility index (Phi) is 6.39. The topological polar surface area (TPSA) is 58.4 Å². The fourth-order valence-electron chi connectivity index (χ4n) is 1.77. The van der Waals surface area contributed by atoms with E-state index in [9.17, 15) is 4.79 Å². The van der Waals surface area contributed by atoms with Gasteiger partial charge in [-0.1, -0.05) is 12.1 Å². The Morgan fingerprint density at radius 2 is 2.11 bits per heavy atom. The van der Waals surface area contributed by atoms with Gasteiger partial charge in [-0.3, -0.25) is 4.79 Å². The first-order chi connectivity index (χ1) is 8.61. The molecule has 1 rings (SSSR count). The predicted molar refractivity (Wildman–Crippen MR) is 75.4 cm³/mol. The third-order valence-corrected chi connectivity index (χ3v) is 2.57. The van der Waals surface area contributed by atoms with Gasteiger partial charge in [0.15, 0.2) is 0 Å². The van der Waals surface area contributed by atoms with Gasteiger partial charge >= 0.3 is 0 Å². The van der Waals surface area contributed by atoms with E-state index >= 15 is 0 Å². The molecule has 0 aliphatic heterocycles. The molecule has 4 heteroatoms. The van der Waals surface area contributed by atoms with Gasteiger partial charge < -0.3 is 16.0 Å². The Hall–Kier alpha value is -1.39. The minimum atomic E-state index is 0.0606. The number of nitrogens with one attached hydrogen (secondary N) is 1. The highest BCUT2D eigenvalue weighted by Crippen LogP contribution is 2.12. The number of unbranched alkanes of at least 4 members (excludes halogenated alkanes) is 1. The molecule has 0 fully saturated rings. The molecule has 3 N–H and O–H groups in total. The minimum Gasteiger partial charge on any atom is -0.330 e. The fourth-order valence-corrected chi connectivity index (χ4v) is 1.77. The van der Waals surface area contributed by atoms with Crippen molar-refractivity contribution in [3.63, 3.8) is 0 Å². The van der Waals surface area contributed by atoms with E-state index in [2.05, 4.69) is 16.3 Å². The van der Waals surface area contributed by atoms with Gasteiger partial charge in [0.05, 0.1) is 0 Å². The summed E-state index contributed by atoms with van der Waals surface area (Å²) in [5, 5.41) is 2.92. The normalized spacial score (nSPS) is 10.7. The molecule has 0 aliphatic carbocycles. The van der Waals surface area contributed by atoms with Crippen LogP contribution in [0.1, 0.15) is 24.8 Å². The molecule has 18 heavy (non-hydrogen) atoms. The predicted octanol–water partition coefficient (Wildman–Crippen LogP) is 1.82. The molecule has 0 unspecified atom stereocenters. The summed E-state index contributed by atoms with van der Waals surface area (Å²) in [4.78, 5) is 13.8. The van der Waals surface area contributed by atoms with E-state index in [0.717, 1.165) is 25.1 Å². The first-order valence-corrected chi connectivity index (χ1v) is 6.35. The molecular formula is C14H23N3O. The largest absolute Gasteiger partial charge is 0.330 e. The van der Waals surface area contributed by atoms with Crippen molar-refractivity contribution >= 4 is 11.6 Å². The number of rotatable bonds is 7. The van der Waals surface area contributed by atoms with Gasteiger partial charge in [-0.05, 0) is 51.2 Å². The number of amides is 1. The zero-order valence-electron chi connectivity index (χ0n) is 11.3. The molecule has 0 atom stereocenters.